The Hall–Kier alpha value is -3.12. The van der Waals surface area contributed by atoms with Crippen LogP contribution in [0.1, 0.15) is 39.5 Å². The summed E-state index contributed by atoms with van der Waals surface area (Å²) in [6.45, 7) is 4.36. The second-order valence-electron chi connectivity index (χ2n) is 8.87. The average Bonchev–Trinajstić information content (AvgIpc) is 3.50. The lowest BCUT2D eigenvalue weighted by atomic mass is 9.73. The summed E-state index contributed by atoms with van der Waals surface area (Å²) in [5.41, 5.74) is 0.0415. The average molecular weight is 435 g/mol. The van der Waals surface area contributed by atoms with Crippen molar-refractivity contribution in [3.8, 4) is 12.1 Å². The molecule has 0 amide bonds. The number of nitrogens with zero attached hydrogens (tertiary/aromatic N) is 2. The van der Waals surface area contributed by atoms with Gasteiger partial charge >= 0.3 is 11.9 Å². The zero-order valence-corrected chi connectivity index (χ0v) is 18.7. The Morgan fingerprint density at radius 3 is 1.94 bits per heavy atom. The quantitative estimate of drug-likeness (QED) is 0.243. The van der Waals surface area contributed by atoms with Gasteiger partial charge in [-0.1, -0.05) is 24.3 Å². The van der Waals surface area contributed by atoms with Gasteiger partial charge in [-0.3, -0.25) is 0 Å². The highest BCUT2D eigenvalue weighted by atomic mass is 16.5. The fraction of sp³-hybridized carbons (Fsp3) is 0.538. The molecule has 2 bridgehead atoms. The van der Waals surface area contributed by atoms with Gasteiger partial charge in [0.15, 0.2) is 0 Å². The number of fused-ring (bicyclic) bond motifs is 5. The van der Waals surface area contributed by atoms with E-state index in [0.717, 1.165) is 25.7 Å². The molecule has 0 saturated heterocycles. The fourth-order valence-corrected chi connectivity index (χ4v) is 6.01. The van der Waals surface area contributed by atoms with Crippen molar-refractivity contribution in [3.63, 3.8) is 0 Å². The van der Waals surface area contributed by atoms with Crippen LogP contribution in [0.3, 0.4) is 0 Å². The lowest BCUT2D eigenvalue weighted by molar-refractivity contribution is -0.140. The number of hydrogen-bond acceptors (Lipinski definition) is 6. The van der Waals surface area contributed by atoms with E-state index in [0.29, 0.717) is 48.7 Å². The molecule has 168 valence electrons. The molecule has 6 heteroatoms. The van der Waals surface area contributed by atoms with Gasteiger partial charge in [-0.15, -0.1) is 0 Å². The van der Waals surface area contributed by atoms with Crippen LogP contribution in [0, 0.1) is 58.2 Å². The first kappa shape index (κ1) is 23.5. The first-order valence-corrected chi connectivity index (χ1v) is 11.3. The van der Waals surface area contributed by atoms with E-state index in [-0.39, 0.29) is 11.1 Å². The van der Waals surface area contributed by atoms with Gasteiger partial charge in [-0.25, -0.2) is 9.59 Å². The van der Waals surface area contributed by atoms with Gasteiger partial charge in [0, 0.05) is 0 Å². The lowest BCUT2D eigenvalue weighted by Gasteiger charge is -2.33. The summed E-state index contributed by atoms with van der Waals surface area (Å²) >= 11 is 0. The maximum atomic E-state index is 12.2. The molecule has 6 atom stereocenters. The number of ether oxygens (including phenoxy) is 2. The van der Waals surface area contributed by atoms with Gasteiger partial charge in [-0.2, -0.15) is 10.5 Å². The Kier molecular flexibility index (Phi) is 8.06. The van der Waals surface area contributed by atoms with Gasteiger partial charge in [0.1, 0.15) is 23.3 Å². The van der Waals surface area contributed by atoms with Gasteiger partial charge in [-0.05, 0) is 87.2 Å². The molecule has 6 nitrogen and oxygen atoms in total. The van der Waals surface area contributed by atoms with Crippen LogP contribution in [0.2, 0.25) is 0 Å². The smallest absolute Gasteiger partial charge is 0.348 e. The Morgan fingerprint density at radius 2 is 1.41 bits per heavy atom. The van der Waals surface area contributed by atoms with Crippen molar-refractivity contribution in [2.75, 3.05) is 13.2 Å². The van der Waals surface area contributed by atoms with Crippen molar-refractivity contribution in [1.82, 2.24) is 0 Å². The maximum absolute atomic E-state index is 12.2. The predicted molar refractivity (Wildman–Crippen MR) is 118 cm³/mol. The largest absolute Gasteiger partial charge is 0.461 e. The van der Waals surface area contributed by atoms with E-state index in [1.54, 1.807) is 24.3 Å². The Balaban J connectivity index is 1.52. The number of carbonyl (C=O) groups excluding carboxylic acids is 2. The molecule has 32 heavy (non-hydrogen) atoms. The van der Waals surface area contributed by atoms with E-state index in [9.17, 15) is 9.59 Å². The summed E-state index contributed by atoms with van der Waals surface area (Å²) in [4.78, 5) is 24.4. The fourth-order valence-electron chi connectivity index (χ4n) is 6.01. The SMILES string of the molecule is C/C=C/C=C(\C#N)C(=O)OCC1CC2CC1C1CCC(COC(=O)/C(C#N)=C/C=C/C)C21. The maximum Gasteiger partial charge on any atom is 0.348 e. The highest BCUT2D eigenvalue weighted by Crippen LogP contribution is 2.62. The van der Waals surface area contributed by atoms with Gasteiger partial charge in [0.05, 0.1) is 13.2 Å². The van der Waals surface area contributed by atoms with Gasteiger partial charge < -0.3 is 9.47 Å². The molecule has 0 aromatic carbocycles. The van der Waals surface area contributed by atoms with Crippen LogP contribution in [0.15, 0.2) is 47.6 Å². The first-order valence-electron chi connectivity index (χ1n) is 11.3. The molecular weight excluding hydrogens is 404 g/mol. The number of hydrogen-bond donors (Lipinski definition) is 0. The minimum atomic E-state index is -0.555. The summed E-state index contributed by atoms with van der Waals surface area (Å²) in [5, 5.41) is 18.3. The van der Waals surface area contributed by atoms with Crippen LogP contribution in [-0.4, -0.2) is 25.2 Å². The molecule has 3 aliphatic rings. The zero-order chi connectivity index (χ0) is 23.1. The second-order valence-corrected chi connectivity index (χ2v) is 8.87. The minimum absolute atomic E-state index is 0.0205. The van der Waals surface area contributed by atoms with Crippen LogP contribution in [-0.2, 0) is 19.1 Å². The Morgan fingerprint density at radius 1 is 0.844 bits per heavy atom. The zero-order valence-electron chi connectivity index (χ0n) is 18.7. The number of allylic oxidation sites excluding steroid dienone is 6. The minimum Gasteiger partial charge on any atom is -0.461 e. The summed E-state index contributed by atoms with van der Waals surface area (Å²) in [7, 11) is 0. The van der Waals surface area contributed by atoms with E-state index >= 15 is 0 Å². The summed E-state index contributed by atoms with van der Waals surface area (Å²) in [6, 6.07) is 3.80. The molecule has 0 spiro atoms. The van der Waals surface area contributed by atoms with E-state index in [1.807, 2.05) is 26.0 Å². The van der Waals surface area contributed by atoms with Crippen molar-refractivity contribution in [1.29, 1.82) is 10.5 Å². The molecule has 0 heterocycles. The standard InChI is InChI=1S/C26H30N2O4/c1-3-5-7-17(13-27)25(29)31-15-19-9-10-22-23-12-20(24(19)22)11-21(23)16-32-26(30)18(14-28)8-6-4-2/h3-8,19-24H,9-12,15-16H2,1-2H3/b5-3+,6-4+,17-7+,18-8+. The first-order chi connectivity index (χ1) is 15.5. The summed E-state index contributed by atoms with van der Waals surface area (Å²) in [5.74, 6) is 1.75. The molecule has 3 fully saturated rings. The number of rotatable bonds is 8. The number of esters is 2. The van der Waals surface area contributed by atoms with Crippen molar-refractivity contribution < 1.29 is 19.1 Å². The molecule has 0 aliphatic heterocycles. The summed E-state index contributed by atoms with van der Waals surface area (Å²) in [6.07, 6.45) is 14.1. The molecular formula is C26H30N2O4. The van der Waals surface area contributed by atoms with E-state index in [1.165, 1.54) is 12.2 Å². The highest BCUT2D eigenvalue weighted by molar-refractivity contribution is 5.93. The molecule has 0 radical (unpaired) electrons. The molecule has 6 unspecified atom stereocenters. The van der Waals surface area contributed by atoms with Crippen molar-refractivity contribution in [2.45, 2.75) is 39.5 Å². The van der Waals surface area contributed by atoms with Crippen molar-refractivity contribution in [2.24, 2.45) is 35.5 Å². The third kappa shape index (κ3) is 5.02. The third-order valence-electron chi connectivity index (χ3n) is 7.24. The number of carbonyl (C=O) groups is 2. The molecule has 0 aromatic heterocycles. The van der Waals surface area contributed by atoms with Gasteiger partial charge in [0.25, 0.3) is 0 Å². The molecule has 0 aromatic rings. The van der Waals surface area contributed by atoms with Crippen LogP contribution in [0.5, 0.6) is 0 Å². The third-order valence-corrected chi connectivity index (χ3v) is 7.24. The topological polar surface area (TPSA) is 100 Å². The van der Waals surface area contributed by atoms with Crippen LogP contribution in [0.4, 0.5) is 0 Å². The molecule has 0 N–H and O–H groups in total. The number of nitriles is 2. The van der Waals surface area contributed by atoms with E-state index in [2.05, 4.69) is 0 Å². The van der Waals surface area contributed by atoms with Gasteiger partial charge in [0.2, 0.25) is 0 Å². The van der Waals surface area contributed by atoms with E-state index in [4.69, 9.17) is 20.0 Å². The summed E-state index contributed by atoms with van der Waals surface area (Å²) < 4.78 is 11.0. The normalized spacial score (nSPS) is 31.5. The molecule has 3 rings (SSSR count). The second kappa shape index (κ2) is 11.0. The Labute approximate surface area is 189 Å². The van der Waals surface area contributed by atoms with Crippen molar-refractivity contribution in [3.05, 3.63) is 47.6 Å². The molecule has 3 aliphatic carbocycles. The highest BCUT2D eigenvalue weighted by Gasteiger charge is 2.57. The van der Waals surface area contributed by atoms with E-state index < -0.39 is 11.9 Å². The predicted octanol–water partition coefficient (Wildman–Crippen LogP) is 4.42. The molecule has 3 saturated carbocycles. The lowest BCUT2D eigenvalue weighted by Crippen LogP contribution is -2.32. The van der Waals surface area contributed by atoms with Crippen LogP contribution >= 0.6 is 0 Å². The van der Waals surface area contributed by atoms with Crippen LogP contribution in [0.25, 0.3) is 0 Å². The Bertz CT molecular complexity index is 930. The van der Waals surface area contributed by atoms with Crippen LogP contribution < -0.4 is 0 Å². The monoisotopic (exact) mass is 434 g/mol. The van der Waals surface area contributed by atoms with Crippen molar-refractivity contribution >= 4 is 11.9 Å².